The van der Waals surface area contributed by atoms with E-state index in [1.165, 1.54) is 0 Å². The topological polar surface area (TPSA) is 86.5 Å². The minimum atomic E-state index is -0.549. The van der Waals surface area contributed by atoms with Crippen molar-refractivity contribution in [2.45, 2.75) is 66.5 Å². The van der Waals surface area contributed by atoms with Crippen molar-refractivity contribution in [3.8, 4) is 0 Å². The first-order chi connectivity index (χ1) is 11.1. The summed E-state index contributed by atoms with van der Waals surface area (Å²) in [6.07, 6.45) is 0.222. The molecular formula is C17H36N4O3. The lowest BCUT2D eigenvalue weighted by Crippen LogP contribution is -2.46. The van der Waals surface area contributed by atoms with Gasteiger partial charge in [-0.15, -0.1) is 5.10 Å². The Balaban J connectivity index is 0. The summed E-state index contributed by atoms with van der Waals surface area (Å²) in [5, 5.41) is 19.8. The summed E-state index contributed by atoms with van der Waals surface area (Å²) in [5.41, 5.74) is -0.549. The molecule has 2 unspecified atom stereocenters. The first-order valence-electron chi connectivity index (χ1n) is 8.48. The summed E-state index contributed by atoms with van der Waals surface area (Å²) in [6.45, 7) is 17.1. The van der Waals surface area contributed by atoms with Gasteiger partial charge in [0.05, 0.1) is 0 Å². The predicted molar refractivity (Wildman–Crippen MR) is 101 cm³/mol. The highest BCUT2D eigenvalue weighted by atomic mass is 16.6. The van der Waals surface area contributed by atoms with E-state index in [1.54, 1.807) is 20.8 Å². The number of rotatable bonds is 7. The minimum Gasteiger partial charge on any atom is -0.444 e. The normalized spacial score (nSPS) is 14.0. The fourth-order valence-corrected chi connectivity index (χ4v) is 1.94. The Labute approximate surface area is 147 Å². The number of aliphatic hydroxyl groups is 1. The van der Waals surface area contributed by atoms with Gasteiger partial charge < -0.3 is 20.1 Å². The predicted octanol–water partition coefficient (Wildman–Crippen LogP) is 2.89. The summed E-state index contributed by atoms with van der Waals surface area (Å²) < 4.78 is 5.22. The highest BCUT2D eigenvalue weighted by Gasteiger charge is 2.24. The molecule has 0 fully saturated rings. The van der Waals surface area contributed by atoms with E-state index in [9.17, 15) is 9.90 Å². The van der Waals surface area contributed by atoms with Gasteiger partial charge in [-0.2, -0.15) is 5.10 Å². The van der Waals surface area contributed by atoms with E-state index in [0.717, 1.165) is 5.84 Å². The molecule has 0 aromatic heterocycles. The summed E-state index contributed by atoms with van der Waals surface area (Å²) in [6, 6.07) is -0.239. The average Bonchev–Trinajstić information content (AvgIpc) is 2.49. The number of hydrogen-bond donors (Lipinski definition) is 2. The van der Waals surface area contributed by atoms with Crippen molar-refractivity contribution in [2.75, 3.05) is 20.2 Å². The second-order valence-corrected chi connectivity index (χ2v) is 6.27. The summed E-state index contributed by atoms with van der Waals surface area (Å²) in [5.74, 6) is 0.622. The van der Waals surface area contributed by atoms with Crippen LogP contribution in [0.25, 0.3) is 0 Å². The van der Waals surface area contributed by atoms with Gasteiger partial charge in [0.25, 0.3) is 0 Å². The Hall–Kier alpha value is -1.63. The molecule has 0 aliphatic rings. The Kier molecular flexibility index (Phi) is 13.1. The maximum atomic E-state index is 11.8. The van der Waals surface area contributed by atoms with Gasteiger partial charge in [-0.05, 0) is 27.7 Å². The molecule has 0 rings (SSSR count). The summed E-state index contributed by atoms with van der Waals surface area (Å²) in [4.78, 5) is 13.7. The maximum absolute atomic E-state index is 11.8. The minimum absolute atomic E-state index is 0.0557. The second-order valence-electron chi connectivity index (χ2n) is 6.27. The van der Waals surface area contributed by atoms with Crippen LogP contribution in [0.2, 0.25) is 0 Å². The number of alkyl carbamates (subject to hydrolysis) is 1. The first kappa shape index (κ1) is 24.6. The summed E-state index contributed by atoms with van der Waals surface area (Å²) >= 11 is 0. The van der Waals surface area contributed by atoms with Crippen LogP contribution in [-0.2, 0) is 4.74 Å². The van der Waals surface area contributed by atoms with Crippen LogP contribution in [0, 0.1) is 5.92 Å². The van der Waals surface area contributed by atoms with Gasteiger partial charge in [0, 0.05) is 45.3 Å². The number of amides is 1. The molecule has 7 nitrogen and oxygen atoms in total. The number of carbonyl (C=O) groups is 1. The van der Waals surface area contributed by atoms with Crippen LogP contribution in [0.3, 0.4) is 0 Å². The zero-order chi connectivity index (χ0) is 19.3. The van der Waals surface area contributed by atoms with Gasteiger partial charge >= 0.3 is 6.09 Å². The molecule has 1 amide bonds. The Bertz CT molecular complexity index is 392. The zero-order valence-electron chi connectivity index (χ0n) is 16.6. The number of amidine groups is 1. The lowest BCUT2D eigenvalue weighted by Gasteiger charge is -2.30. The van der Waals surface area contributed by atoms with Crippen LogP contribution < -0.4 is 5.32 Å². The van der Waals surface area contributed by atoms with E-state index in [1.807, 2.05) is 39.6 Å². The first-order valence-corrected chi connectivity index (χ1v) is 8.48. The fraction of sp³-hybridized carbons (Fsp3) is 0.824. The molecule has 0 heterocycles. The molecule has 0 spiro atoms. The quantitative estimate of drug-likeness (QED) is 0.422. The highest BCUT2D eigenvalue weighted by molar-refractivity contribution is 5.81. The third kappa shape index (κ3) is 11.0. The molecule has 0 bridgehead atoms. The molecule has 0 aliphatic heterocycles. The molecule has 2 atom stereocenters. The molecule has 0 aliphatic carbocycles. The molecule has 2 N–H and O–H groups in total. The molecule has 7 heteroatoms. The van der Waals surface area contributed by atoms with E-state index < -0.39 is 11.7 Å². The van der Waals surface area contributed by atoms with Crippen LogP contribution in [0.5, 0.6) is 0 Å². The monoisotopic (exact) mass is 344 g/mol. The Morgan fingerprint density at radius 1 is 1.38 bits per heavy atom. The van der Waals surface area contributed by atoms with Crippen LogP contribution in [0.1, 0.15) is 54.9 Å². The number of ether oxygens (including phenoxy) is 1. The number of nitrogens with zero attached hydrogens (tertiary/aromatic N) is 3. The molecule has 0 aromatic rings. The van der Waals surface area contributed by atoms with Crippen molar-refractivity contribution >= 4 is 18.6 Å². The van der Waals surface area contributed by atoms with E-state index >= 15 is 0 Å². The largest absolute Gasteiger partial charge is 0.444 e. The van der Waals surface area contributed by atoms with Gasteiger partial charge in [-0.25, -0.2) is 4.79 Å². The van der Waals surface area contributed by atoms with Crippen molar-refractivity contribution in [3.63, 3.8) is 0 Å². The summed E-state index contributed by atoms with van der Waals surface area (Å²) in [7, 11) is 1.87. The van der Waals surface area contributed by atoms with E-state index in [-0.39, 0.29) is 18.6 Å². The second kappa shape index (κ2) is 12.8. The molecule has 0 radical (unpaired) electrons. The number of aliphatic hydroxyl groups excluding tert-OH is 1. The van der Waals surface area contributed by atoms with E-state index in [0.29, 0.717) is 13.0 Å². The lowest BCUT2D eigenvalue weighted by molar-refractivity contribution is 0.0473. The Morgan fingerprint density at radius 3 is 2.29 bits per heavy atom. The third-order valence-corrected chi connectivity index (χ3v) is 3.14. The highest BCUT2D eigenvalue weighted by Crippen LogP contribution is 2.10. The fourth-order valence-electron chi connectivity index (χ4n) is 1.94. The number of carbonyl (C=O) groups excluding carboxylic acids is 1. The Morgan fingerprint density at radius 2 is 1.92 bits per heavy atom. The molecule has 0 saturated carbocycles. The smallest absolute Gasteiger partial charge is 0.407 e. The van der Waals surface area contributed by atoms with Crippen molar-refractivity contribution in [3.05, 3.63) is 0 Å². The standard InChI is InChI=1S/C15H30N4O3.C2H6/c1-8-13(18-16-6)19(7)9-12(10-20)11(2)17-14(21)22-15(3,4)5;1-2/h11-12,20H,6,8-10H2,1-5,7H3,(H,17,21);1-2H3/b18-13+;. The maximum Gasteiger partial charge on any atom is 0.407 e. The van der Waals surface area contributed by atoms with Gasteiger partial charge in [0.15, 0.2) is 0 Å². The number of hydrogen-bond acceptors (Lipinski definition) is 5. The van der Waals surface area contributed by atoms with Gasteiger partial charge in [0.1, 0.15) is 11.4 Å². The lowest BCUT2D eigenvalue weighted by atomic mass is 10.0. The van der Waals surface area contributed by atoms with Crippen molar-refractivity contribution in [1.29, 1.82) is 0 Å². The molecule has 142 valence electrons. The SMILES string of the molecule is C=N/N=C(\CC)N(C)CC(CO)C(C)NC(=O)OC(C)(C)C.CC. The zero-order valence-corrected chi connectivity index (χ0v) is 16.6. The third-order valence-electron chi connectivity index (χ3n) is 3.14. The molecular weight excluding hydrogens is 308 g/mol. The molecule has 0 saturated heterocycles. The van der Waals surface area contributed by atoms with Crippen LogP contribution in [0.15, 0.2) is 10.2 Å². The van der Waals surface area contributed by atoms with Crippen molar-refractivity contribution in [2.24, 2.45) is 16.1 Å². The average molecular weight is 345 g/mol. The molecule has 0 aromatic carbocycles. The van der Waals surface area contributed by atoms with Crippen LogP contribution in [-0.4, -0.2) is 60.5 Å². The van der Waals surface area contributed by atoms with Gasteiger partial charge in [0.2, 0.25) is 0 Å². The molecule has 24 heavy (non-hydrogen) atoms. The van der Waals surface area contributed by atoms with E-state index in [4.69, 9.17) is 4.74 Å². The van der Waals surface area contributed by atoms with Crippen molar-refractivity contribution < 1.29 is 14.6 Å². The van der Waals surface area contributed by atoms with Gasteiger partial charge in [-0.3, -0.25) is 0 Å². The van der Waals surface area contributed by atoms with Crippen molar-refractivity contribution in [1.82, 2.24) is 10.2 Å². The van der Waals surface area contributed by atoms with Gasteiger partial charge in [-0.1, -0.05) is 20.8 Å². The van der Waals surface area contributed by atoms with E-state index in [2.05, 4.69) is 22.2 Å². The van der Waals surface area contributed by atoms with Crippen LogP contribution in [0.4, 0.5) is 4.79 Å². The number of nitrogens with one attached hydrogen (secondary N) is 1. The van der Waals surface area contributed by atoms with Crippen LogP contribution >= 0.6 is 0 Å².